The van der Waals surface area contributed by atoms with Crippen LogP contribution in [0.1, 0.15) is 40.6 Å². The molecule has 1 aromatic heterocycles. The average molecular weight is 289 g/mol. The van der Waals surface area contributed by atoms with E-state index in [-0.39, 0.29) is 0 Å². The van der Waals surface area contributed by atoms with Gasteiger partial charge in [-0.3, -0.25) is 0 Å². The Morgan fingerprint density at radius 3 is 2.65 bits per heavy atom. The maximum Gasteiger partial charge on any atom is 0.121 e. The first-order valence-corrected chi connectivity index (χ1v) is 7.97. The maximum atomic E-state index is 4.32. The van der Waals surface area contributed by atoms with Crippen molar-refractivity contribution in [3.05, 3.63) is 44.9 Å². The van der Waals surface area contributed by atoms with E-state index in [0.717, 1.165) is 29.4 Å². The summed E-state index contributed by atoms with van der Waals surface area (Å²) >= 11 is 1.73. The van der Waals surface area contributed by atoms with Crippen molar-refractivity contribution in [2.45, 2.75) is 46.6 Å². The fourth-order valence-electron chi connectivity index (χ4n) is 2.08. The van der Waals surface area contributed by atoms with Crippen LogP contribution in [-0.4, -0.2) is 22.8 Å². The number of aryl methyl sites for hydroxylation is 2. The number of hydrogen-bond donors (Lipinski definition) is 1. The summed E-state index contributed by atoms with van der Waals surface area (Å²) in [6.07, 6.45) is 1.85. The summed E-state index contributed by atoms with van der Waals surface area (Å²) in [6, 6.07) is 7.11. The Labute approximate surface area is 125 Å². The molecule has 2 aromatic rings. The molecule has 0 atom stereocenters. The number of hydrogen-bond acceptors (Lipinski definition) is 4. The summed E-state index contributed by atoms with van der Waals surface area (Å²) in [5.74, 6) is 0. The molecule has 1 aromatic carbocycles. The van der Waals surface area contributed by atoms with E-state index in [4.69, 9.17) is 0 Å². The Morgan fingerprint density at radius 1 is 1.15 bits per heavy atom. The summed E-state index contributed by atoms with van der Waals surface area (Å²) in [4.78, 5) is 0. The Balaban J connectivity index is 1.97. The SMILES string of the molecule is Cc1ccc(C)c(Cc2nnc(CCNC(C)C)s2)c1. The number of benzene rings is 1. The molecule has 0 amide bonds. The van der Waals surface area contributed by atoms with Crippen LogP contribution < -0.4 is 5.32 Å². The van der Waals surface area contributed by atoms with E-state index in [1.54, 1.807) is 11.3 Å². The summed E-state index contributed by atoms with van der Waals surface area (Å²) in [5, 5.41) is 14.3. The van der Waals surface area contributed by atoms with Crippen LogP contribution in [0.15, 0.2) is 18.2 Å². The maximum absolute atomic E-state index is 4.32. The molecule has 3 nitrogen and oxygen atoms in total. The minimum Gasteiger partial charge on any atom is -0.314 e. The molecule has 0 aliphatic carbocycles. The lowest BCUT2D eigenvalue weighted by Crippen LogP contribution is -2.24. The molecule has 1 heterocycles. The average Bonchev–Trinajstić information content (AvgIpc) is 2.81. The first kappa shape index (κ1) is 15.1. The van der Waals surface area contributed by atoms with Crippen molar-refractivity contribution in [2.24, 2.45) is 0 Å². The molecule has 0 unspecified atom stereocenters. The third kappa shape index (κ3) is 4.39. The molecule has 4 heteroatoms. The molecule has 2 rings (SSSR count). The molecule has 0 fully saturated rings. The predicted molar refractivity (Wildman–Crippen MR) is 85.5 cm³/mol. The number of nitrogens with zero attached hydrogens (tertiary/aromatic N) is 2. The summed E-state index contributed by atoms with van der Waals surface area (Å²) in [7, 11) is 0. The van der Waals surface area contributed by atoms with Crippen LogP contribution in [0.25, 0.3) is 0 Å². The lowest BCUT2D eigenvalue weighted by Gasteiger charge is -2.05. The summed E-state index contributed by atoms with van der Waals surface area (Å²) < 4.78 is 0. The normalized spacial score (nSPS) is 11.2. The zero-order valence-corrected chi connectivity index (χ0v) is 13.5. The lowest BCUT2D eigenvalue weighted by molar-refractivity contribution is 0.588. The van der Waals surface area contributed by atoms with Crippen LogP contribution in [0.2, 0.25) is 0 Å². The highest BCUT2D eigenvalue weighted by Gasteiger charge is 2.07. The van der Waals surface area contributed by atoms with Gasteiger partial charge in [-0.15, -0.1) is 21.5 Å². The third-order valence-corrected chi connectivity index (χ3v) is 4.23. The van der Waals surface area contributed by atoms with Gasteiger partial charge >= 0.3 is 0 Å². The second-order valence-electron chi connectivity index (χ2n) is 5.56. The minimum atomic E-state index is 0.525. The van der Waals surface area contributed by atoms with Crippen LogP contribution in [0.3, 0.4) is 0 Å². The summed E-state index contributed by atoms with van der Waals surface area (Å²) in [6.45, 7) is 9.57. The van der Waals surface area contributed by atoms with Crippen LogP contribution in [0.4, 0.5) is 0 Å². The Kier molecular flexibility index (Phi) is 5.26. The molecule has 108 valence electrons. The summed E-state index contributed by atoms with van der Waals surface area (Å²) in [5.41, 5.74) is 3.98. The highest BCUT2D eigenvalue weighted by atomic mass is 32.1. The predicted octanol–water partition coefficient (Wildman–Crippen LogP) is 3.29. The highest BCUT2D eigenvalue weighted by molar-refractivity contribution is 7.11. The van der Waals surface area contributed by atoms with Crippen molar-refractivity contribution in [1.29, 1.82) is 0 Å². The van der Waals surface area contributed by atoms with Gasteiger partial charge < -0.3 is 5.32 Å². The molecule has 0 spiro atoms. The molecule has 1 N–H and O–H groups in total. The molecule has 0 aliphatic rings. The molecular weight excluding hydrogens is 266 g/mol. The monoisotopic (exact) mass is 289 g/mol. The number of rotatable bonds is 6. The van der Waals surface area contributed by atoms with Gasteiger partial charge in [0.1, 0.15) is 10.0 Å². The highest BCUT2D eigenvalue weighted by Crippen LogP contribution is 2.18. The number of aromatic nitrogens is 2. The fourth-order valence-corrected chi connectivity index (χ4v) is 2.95. The smallest absolute Gasteiger partial charge is 0.121 e. The zero-order chi connectivity index (χ0) is 14.5. The van der Waals surface area contributed by atoms with Crippen molar-refractivity contribution >= 4 is 11.3 Å². The molecular formula is C16H23N3S. The van der Waals surface area contributed by atoms with E-state index in [9.17, 15) is 0 Å². The van der Waals surface area contributed by atoms with Gasteiger partial charge in [0.05, 0.1) is 0 Å². The van der Waals surface area contributed by atoms with E-state index >= 15 is 0 Å². The molecule has 0 aliphatic heterocycles. The van der Waals surface area contributed by atoms with Gasteiger partial charge in [0.15, 0.2) is 0 Å². The number of nitrogens with one attached hydrogen (secondary N) is 1. The fraction of sp³-hybridized carbons (Fsp3) is 0.500. The van der Waals surface area contributed by atoms with Crippen molar-refractivity contribution in [2.75, 3.05) is 6.54 Å². The molecule has 0 saturated carbocycles. The van der Waals surface area contributed by atoms with Gasteiger partial charge in [-0.1, -0.05) is 37.6 Å². The van der Waals surface area contributed by atoms with Gasteiger partial charge in [-0.25, -0.2) is 0 Å². The largest absolute Gasteiger partial charge is 0.314 e. The third-order valence-electron chi connectivity index (χ3n) is 3.25. The van der Waals surface area contributed by atoms with Crippen molar-refractivity contribution in [3.63, 3.8) is 0 Å². The van der Waals surface area contributed by atoms with E-state index in [0.29, 0.717) is 6.04 Å². The van der Waals surface area contributed by atoms with E-state index in [1.807, 2.05) is 0 Å². The van der Waals surface area contributed by atoms with Crippen LogP contribution in [0.5, 0.6) is 0 Å². The molecule has 0 radical (unpaired) electrons. The van der Waals surface area contributed by atoms with Crippen LogP contribution in [0, 0.1) is 13.8 Å². The Hall–Kier alpha value is -1.26. The quantitative estimate of drug-likeness (QED) is 0.887. The second kappa shape index (κ2) is 6.95. The molecule has 0 bridgehead atoms. The minimum absolute atomic E-state index is 0.525. The Bertz CT molecular complexity index is 561. The topological polar surface area (TPSA) is 37.8 Å². The molecule has 20 heavy (non-hydrogen) atoms. The first-order valence-electron chi connectivity index (χ1n) is 7.15. The van der Waals surface area contributed by atoms with Crippen molar-refractivity contribution < 1.29 is 0 Å². The van der Waals surface area contributed by atoms with Gasteiger partial charge in [-0.2, -0.15) is 0 Å². The zero-order valence-electron chi connectivity index (χ0n) is 12.7. The van der Waals surface area contributed by atoms with Gasteiger partial charge in [0.2, 0.25) is 0 Å². The van der Waals surface area contributed by atoms with E-state index in [2.05, 4.69) is 61.4 Å². The van der Waals surface area contributed by atoms with Gasteiger partial charge in [-0.05, 0) is 25.0 Å². The Morgan fingerprint density at radius 2 is 1.90 bits per heavy atom. The lowest BCUT2D eigenvalue weighted by atomic mass is 10.0. The van der Waals surface area contributed by atoms with Crippen LogP contribution >= 0.6 is 11.3 Å². The van der Waals surface area contributed by atoms with Crippen molar-refractivity contribution in [3.8, 4) is 0 Å². The van der Waals surface area contributed by atoms with Gasteiger partial charge in [0, 0.05) is 25.4 Å². The molecule has 0 saturated heterocycles. The van der Waals surface area contributed by atoms with E-state index in [1.165, 1.54) is 16.7 Å². The van der Waals surface area contributed by atoms with Crippen LogP contribution in [-0.2, 0) is 12.8 Å². The first-order chi connectivity index (χ1) is 9.54. The second-order valence-corrected chi connectivity index (χ2v) is 6.70. The van der Waals surface area contributed by atoms with Gasteiger partial charge in [0.25, 0.3) is 0 Å². The van der Waals surface area contributed by atoms with Crippen molar-refractivity contribution in [1.82, 2.24) is 15.5 Å². The van der Waals surface area contributed by atoms with E-state index < -0.39 is 0 Å². The standard InChI is InChI=1S/C16H23N3S/c1-11(2)17-8-7-15-18-19-16(20-15)10-14-9-12(3)5-6-13(14)4/h5-6,9,11,17H,7-8,10H2,1-4H3.